The third kappa shape index (κ3) is 2.44. The molecular weight excluding hydrogens is 268 g/mol. The van der Waals surface area contributed by atoms with E-state index < -0.39 is 0 Å². The maximum absolute atomic E-state index is 5.55. The van der Waals surface area contributed by atoms with Crippen molar-refractivity contribution in [3.63, 3.8) is 0 Å². The molecule has 0 aliphatic carbocycles. The summed E-state index contributed by atoms with van der Waals surface area (Å²) < 4.78 is 7.58. The van der Waals surface area contributed by atoms with Gasteiger partial charge in [0.15, 0.2) is 0 Å². The molecule has 2 rings (SSSR count). The molecule has 0 N–H and O–H groups in total. The fraction of sp³-hybridized carbons (Fsp3) is 0.250. The zero-order chi connectivity index (χ0) is 11.4. The number of rotatable bonds is 4. The molecule has 0 saturated heterocycles. The standard InChI is InChI=1S/C12H13BrN2O/c1-10-14-6-7-15(10)11-3-2-4-12(9-11)16-8-5-13/h2-4,6-7,9H,5,8H2,1H3. The second-order valence-electron chi connectivity index (χ2n) is 3.38. The van der Waals surface area contributed by atoms with Crippen LogP contribution in [-0.2, 0) is 0 Å². The van der Waals surface area contributed by atoms with Crippen LogP contribution in [-0.4, -0.2) is 21.5 Å². The van der Waals surface area contributed by atoms with Gasteiger partial charge in [-0.25, -0.2) is 4.98 Å². The van der Waals surface area contributed by atoms with Crippen molar-refractivity contribution in [1.29, 1.82) is 0 Å². The first kappa shape index (κ1) is 11.2. The van der Waals surface area contributed by atoms with E-state index in [1.807, 2.05) is 42.0 Å². The van der Waals surface area contributed by atoms with Gasteiger partial charge in [0.05, 0.1) is 12.3 Å². The van der Waals surface area contributed by atoms with Gasteiger partial charge >= 0.3 is 0 Å². The van der Waals surface area contributed by atoms with E-state index >= 15 is 0 Å². The molecule has 0 aliphatic rings. The highest BCUT2D eigenvalue weighted by molar-refractivity contribution is 9.09. The topological polar surface area (TPSA) is 27.1 Å². The Kier molecular flexibility index (Phi) is 3.62. The molecule has 1 heterocycles. The van der Waals surface area contributed by atoms with E-state index in [0.717, 1.165) is 22.6 Å². The molecule has 2 aromatic rings. The number of hydrogen-bond donors (Lipinski definition) is 0. The Morgan fingerprint density at radius 1 is 1.44 bits per heavy atom. The third-order valence-electron chi connectivity index (χ3n) is 2.27. The number of imidazole rings is 1. The van der Waals surface area contributed by atoms with Crippen molar-refractivity contribution in [2.75, 3.05) is 11.9 Å². The predicted octanol–water partition coefficient (Wildman–Crippen LogP) is 2.95. The summed E-state index contributed by atoms with van der Waals surface area (Å²) >= 11 is 3.34. The number of hydrogen-bond acceptors (Lipinski definition) is 2. The van der Waals surface area contributed by atoms with Crippen molar-refractivity contribution >= 4 is 15.9 Å². The van der Waals surface area contributed by atoms with Crippen LogP contribution in [0.2, 0.25) is 0 Å². The van der Waals surface area contributed by atoms with Gasteiger partial charge < -0.3 is 9.30 Å². The molecule has 0 amide bonds. The summed E-state index contributed by atoms with van der Waals surface area (Å²) in [6, 6.07) is 7.99. The summed E-state index contributed by atoms with van der Waals surface area (Å²) in [5, 5.41) is 0.835. The molecule has 3 nitrogen and oxygen atoms in total. The Morgan fingerprint density at radius 3 is 3.00 bits per heavy atom. The SMILES string of the molecule is Cc1nccn1-c1cccc(OCCBr)c1. The Morgan fingerprint density at radius 2 is 2.31 bits per heavy atom. The normalized spacial score (nSPS) is 10.4. The van der Waals surface area contributed by atoms with Crippen LogP contribution in [0.3, 0.4) is 0 Å². The van der Waals surface area contributed by atoms with Crippen LogP contribution in [0.4, 0.5) is 0 Å². The molecule has 0 fully saturated rings. The van der Waals surface area contributed by atoms with E-state index in [2.05, 4.69) is 20.9 Å². The van der Waals surface area contributed by atoms with Gasteiger partial charge in [-0.3, -0.25) is 0 Å². The number of aryl methyl sites for hydroxylation is 1. The van der Waals surface area contributed by atoms with Crippen LogP contribution in [0, 0.1) is 6.92 Å². The first-order chi connectivity index (χ1) is 7.81. The van der Waals surface area contributed by atoms with Crippen molar-refractivity contribution in [1.82, 2.24) is 9.55 Å². The van der Waals surface area contributed by atoms with Crippen LogP contribution in [0.5, 0.6) is 5.75 Å². The van der Waals surface area contributed by atoms with E-state index in [4.69, 9.17) is 4.74 Å². The molecule has 1 aromatic heterocycles. The molecule has 0 bridgehead atoms. The molecule has 0 spiro atoms. The summed E-state index contributed by atoms with van der Waals surface area (Å²) in [6.07, 6.45) is 3.74. The summed E-state index contributed by atoms with van der Waals surface area (Å²) in [6.45, 7) is 2.65. The molecule has 0 unspecified atom stereocenters. The Balaban J connectivity index is 2.26. The molecular formula is C12H13BrN2O. The maximum atomic E-state index is 5.55. The van der Waals surface area contributed by atoms with Crippen molar-refractivity contribution in [2.45, 2.75) is 6.92 Å². The quantitative estimate of drug-likeness (QED) is 0.806. The number of ether oxygens (including phenoxy) is 1. The average Bonchev–Trinajstić information content (AvgIpc) is 2.73. The molecule has 0 atom stereocenters. The molecule has 0 radical (unpaired) electrons. The minimum absolute atomic E-state index is 0.673. The minimum Gasteiger partial charge on any atom is -0.493 e. The number of alkyl halides is 1. The lowest BCUT2D eigenvalue weighted by molar-refractivity contribution is 0.345. The van der Waals surface area contributed by atoms with Gasteiger partial charge in [-0.05, 0) is 19.1 Å². The smallest absolute Gasteiger partial charge is 0.121 e. The highest BCUT2D eigenvalue weighted by Gasteiger charge is 2.01. The van der Waals surface area contributed by atoms with Crippen LogP contribution in [0.25, 0.3) is 5.69 Å². The van der Waals surface area contributed by atoms with Crippen molar-refractivity contribution in [3.8, 4) is 11.4 Å². The molecule has 84 valence electrons. The molecule has 1 aromatic carbocycles. The number of halogens is 1. The van der Waals surface area contributed by atoms with Crippen LogP contribution in [0.1, 0.15) is 5.82 Å². The summed E-state index contributed by atoms with van der Waals surface area (Å²) in [5.74, 6) is 1.85. The van der Waals surface area contributed by atoms with E-state index in [1.54, 1.807) is 6.20 Å². The Labute approximate surface area is 103 Å². The zero-order valence-corrected chi connectivity index (χ0v) is 10.6. The lowest BCUT2D eigenvalue weighted by Crippen LogP contribution is -2.00. The second kappa shape index (κ2) is 5.16. The molecule has 4 heteroatoms. The number of aromatic nitrogens is 2. The fourth-order valence-electron chi connectivity index (χ4n) is 1.53. The highest BCUT2D eigenvalue weighted by atomic mass is 79.9. The lowest BCUT2D eigenvalue weighted by Gasteiger charge is -2.08. The Bertz CT molecular complexity index is 468. The molecule has 16 heavy (non-hydrogen) atoms. The number of nitrogens with zero attached hydrogens (tertiary/aromatic N) is 2. The first-order valence-electron chi connectivity index (χ1n) is 5.10. The highest BCUT2D eigenvalue weighted by Crippen LogP contribution is 2.17. The second-order valence-corrected chi connectivity index (χ2v) is 4.17. The largest absolute Gasteiger partial charge is 0.493 e. The van der Waals surface area contributed by atoms with E-state index in [0.29, 0.717) is 6.61 Å². The van der Waals surface area contributed by atoms with Gasteiger partial charge in [-0.1, -0.05) is 22.0 Å². The molecule has 0 aliphatic heterocycles. The third-order valence-corrected chi connectivity index (χ3v) is 2.59. The Hall–Kier alpha value is -1.29. The molecule has 0 saturated carbocycles. The van der Waals surface area contributed by atoms with Crippen molar-refractivity contribution in [2.24, 2.45) is 0 Å². The zero-order valence-electron chi connectivity index (χ0n) is 9.06. The van der Waals surface area contributed by atoms with Gasteiger partial charge in [-0.15, -0.1) is 0 Å². The summed E-state index contributed by atoms with van der Waals surface area (Å²) in [4.78, 5) is 4.20. The first-order valence-corrected chi connectivity index (χ1v) is 6.22. The van der Waals surface area contributed by atoms with E-state index in [-0.39, 0.29) is 0 Å². The van der Waals surface area contributed by atoms with Gasteiger partial charge in [0.2, 0.25) is 0 Å². The number of benzene rings is 1. The van der Waals surface area contributed by atoms with Crippen LogP contribution in [0.15, 0.2) is 36.7 Å². The van der Waals surface area contributed by atoms with Crippen molar-refractivity contribution in [3.05, 3.63) is 42.5 Å². The monoisotopic (exact) mass is 280 g/mol. The van der Waals surface area contributed by atoms with E-state index in [9.17, 15) is 0 Å². The fourth-order valence-corrected chi connectivity index (χ4v) is 1.69. The van der Waals surface area contributed by atoms with Gasteiger partial charge in [0.1, 0.15) is 11.6 Å². The van der Waals surface area contributed by atoms with Gasteiger partial charge in [0.25, 0.3) is 0 Å². The maximum Gasteiger partial charge on any atom is 0.121 e. The van der Waals surface area contributed by atoms with Gasteiger partial charge in [-0.2, -0.15) is 0 Å². The van der Waals surface area contributed by atoms with Crippen molar-refractivity contribution < 1.29 is 4.74 Å². The van der Waals surface area contributed by atoms with Gasteiger partial charge in [0, 0.05) is 23.8 Å². The van der Waals surface area contributed by atoms with E-state index in [1.165, 1.54) is 0 Å². The lowest BCUT2D eigenvalue weighted by atomic mass is 10.3. The average molecular weight is 281 g/mol. The van der Waals surface area contributed by atoms with Crippen LogP contribution < -0.4 is 4.74 Å². The summed E-state index contributed by atoms with van der Waals surface area (Å²) in [5.41, 5.74) is 1.07. The predicted molar refractivity (Wildman–Crippen MR) is 67.6 cm³/mol. The minimum atomic E-state index is 0.673. The van der Waals surface area contributed by atoms with Crippen LogP contribution >= 0.6 is 15.9 Å². The summed E-state index contributed by atoms with van der Waals surface area (Å²) in [7, 11) is 0.